The first kappa shape index (κ1) is 14.1. The predicted octanol–water partition coefficient (Wildman–Crippen LogP) is 1.60. The highest BCUT2D eigenvalue weighted by Crippen LogP contribution is 2.38. The molecule has 2 fully saturated rings. The summed E-state index contributed by atoms with van der Waals surface area (Å²) in [6.45, 7) is 1.30. The third-order valence-corrected chi connectivity index (χ3v) is 4.03. The van der Waals surface area contributed by atoms with Crippen LogP contribution in [0, 0.1) is 0 Å². The van der Waals surface area contributed by atoms with Gasteiger partial charge in [0.1, 0.15) is 17.6 Å². The largest absolute Gasteiger partial charge is 0.406 e. The minimum absolute atomic E-state index is 0.419. The fourth-order valence-corrected chi connectivity index (χ4v) is 2.82. The normalized spacial score (nSPS) is 25.8. The first-order valence-corrected chi connectivity index (χ1v) is 6.30. The molecule has 2 amide bonds. The van der Waals surface area contributed by atoms with Crippen molar-refractivity contribution >= 4 is 11.8 Å². The van der Waals surface area contributed by atoms with Gasteiger partial charge in [-0.05, 0) is 26.7 Å². The van der Waals surface area contributed by atoms with Crippen molar-refractivity contribution < 1.29 is 22.8 Å². The highest BCUT2D eigenvalue weighted by atomic mass is 19.4. The number of piperazine rings is 1. The van der Waals surface area contributed by atoms with Gasteiger partial charge >= 0.3 is 6.18 Å². The van der Waals surface area contributed by atoms with Crippen molar-refractivity contribution in [2.24, 2.45) is 0 Å². The zero-order valence-electron chi connectivity index (χ0n) is 10.9. The van der Waals surface area contributed by atoms with Crippen LogP contribution in [0.1, 0.15) is 39.5 Å². The number of hydrogen-bond donors (Lipinski definition) is 1. The molecule has 0 bridgehead atoms. The second-order valence-corrected chi connectivity index (χ2v) is 5.81. The van der Waals surface area contributed by atoms with Gasteiger partial charge in [-0.2, -0.15) is 13.2 Å². The summed E-state index contributed by atoms with van der Waals surface area (Å²) in [5.74, 6) is -1.12. The summed E-state index contributed by atoms with van der Waals surface area (Å²) >= 11 is 0. The molecule has 19 heavy (non-hydrogen) atoms. The molecule has 7 heteroatoms. The molecule has 1 aliphatic carbocycles. The Morgan fingerprint density at radius 1 is 1.21 bits per heavy atom. The van der Waals surface area contributed by atoms with Crippen molar-refractivity contribution in [1.29, 1.82) is 0 Å². The van der Waals surface area contributed by atoms with E-state index in [0.717, 1.165) is 12.8 Å². The average molecular weight is 278 g/mol. The van der Waals surface area contributed by atoms with Gasteiger partial charge in [-0.15, -0.1) is 0 Å². The van der Waals surface area contributed by atoms with Crippen LogP contribution < -0.4 is 5.32 Å². The molecule has 108 valence electrons. The smallest absolute Gasteiger partial charge is 0.340 e. The maximum Gasteiger partial charge on any atom is 0.406 e. The molecule has 0 radical (unpaired) electrons. The Morgan fingerprint density at radius 3 is 2.21 bits per heavy atom. The van der Waals surface area contributed by atoms with Gasteiger partial charge in [-0.3, -0.25) is 9.59 Å². The van der Waals surface area contributed by atoms with Crippen LogP contribution in [0.15, 0.2) is 0 Å². The summed E-state index contributed by atoms with van der Waals surface area (Å²) in [6.07, 6.45) is -2.19. The molecule has 4 nitrogen and oxygen atoms in total. The lowest BCUT2D eigenvalue weighted by atomic mass is 9.86. The van der Waals surface area contributed by atoms with Crippen LogP contribution in [0.4, 0.5) is 13.2 Å². The Kier molecular flexibility index (Phi) is 3.06. The quantitative estimate of drug-likeness (QED) is 0.792. The predicted molar refractivity (Wildman–Crippen MR) is 61.2 cm³/mol. The molecule has 0 aromatic heterocycles. The number of nitrogens with zero attached hydrogens (tertiary/aromatic N) is 1. The molecule has 0 unspecified atom stereocenters. The maximum absolute atomic E-state index is 12.6. The number of halogens is 3. The van der Waals surface area contributed by atoms with Crippen LogP contribution in [0.5, 0.6) is 0 Å². The Morgan fingerprint density at radius 2 is 1.74 bits per heavy atom. The van der Waals surface area contributed by atoms with Crippen LogP contribution in [0.2, 0.25) is 0 Å². The minimum atomic E-state index is -4.51. The summed E-state index contributed by atoms with van der Waals surface area (Å²) in [5, 5.41) is 2.65. The van der Waals surface area contributed by atoms with Gasteiger partial charge in [0.25, 0.3) is 0 Å². The molecule has 1 saturated heterocycles. The van der Waals surface area contributed by atoms with E-state index in [9.17, 15) is 22.8 Å². The second-order valence-electron chi connectivity index (χ2n) is 5.81. The Labute approximate surface area is 109 Å². The molecule has 1 saturated carbocycles. The van der Waals surface area contributed by atoms with Crippen molar-refractivity contribution in [3.63, 3.8) is 0 Å². The van der Waals surface area contributed by atoms with Gasteiger partial charge < -0.3 is 10.2 Å². The zero-order chi connectivity index (χ0) is 14.5. The van der Waals surface area contributed by atoms with Gasteiger partial charge in [-0.25, -0.2) is 0 Å². The van der Waals surface area contributed by atoms with E-state index in [4.69, 9.17) is 0 Å². The van der Waals surface area contributed by atoms with Crippen molar-refractivity contribution in [3.8, 4) is 0 Å². The fourth-order valence-electron chi connectivity index (χ4n) is 2.82. The van der Waals surface area contributed by atoms with Gasteiger partial charge in [0.05, 0.1) is 0 Å². The van der Waals surface area contributed by atoms with Crippen LogP contribution >= 0.6 is 0 Å². The summed E-state index contributed by atoms with van der Waals surface area (Å²) < 4.78 is 37.9. The van der Waals surface area contributed by atoms with Crippen LogP contribution in [-0.4, -0.2) is 40.5 Å². The van der Waals surface area contributed by atoms with Crippen molar-refractivity contribution in [2.45, 2.75) is 56.8 Å². The third-order valence-electron chi connectivity index (χ3n) is 4.03. The van der Waals surface area contributed by atoms with Gasteiger partial charge in [-0.1, -0.05) is 12.8 Å². The van der Waals surface area contributed by atoms with Crippen LogP contribution in [0.3, 0.4) is 0 Å². The van der Waals surface area contributed by atoms with Crippen molar-refractivity contribution in [2.75, 3.05) is 6.54 Å². The molecule has 1 N–H and O–H groups in total. The second kappa shape index (κ2) is 4.11. The standard InChI is InChI=1S/C12H17F3N2O2/c1-10(2)8(18)16-11(5-3-4-6-11)9(19)17(10)7-12(13,14)15/h3-7H2,1-2H3,(H,16,18). The molecule has 2 aliphatic rings. The number of carbonyl (C=O) groups excluding carboxylic acids is 2. The van der Waals surface area contributed by atoms with Crippen molar-refractivity contribution in [1.82, 2.24) is 10.2 Å². The molecular formula is C12H17F3N2O2. The van der Waals surface area contributed by atoms with E-state index in [1.165, 1.54) is 13.8 Å². The number of amides is 2. The summed E-state index contributed by atoms with van der Waals surface area (Å²) in [4.78, 5) is 25.1. The van der Waals surface area contributed by atoms with E-state index in [-0.39, 0.29) is 0 Å². The van der Waals surface area contributed by atoms with Crippen LogP contribution in [-0.2, 0) is 9.59 Å². The molecule has 1 heterocycles. The highest BCUT2D eigenvalue weighted by molar-refractivity contribution is 6.02. The monoisotopic (exact) mass is 278 g/mol. The fraction of sp³-hybridized carbons (Fsp3) is 0.833. The number of rotatable bonds is 1. The molecule has 0 atom stereocenters. The van der Waals surface area contributed by atoms with E-state index < -0.39 is 35.6 Å². The first-order valence-electron chi connectivity index (χ1n) is 6.30. The first-order chi connectivity index (χ1) is 8.58. The molecule has 0 aromatic carbocycles. The highest BCUT2D eigenvalue weighted by Gasteiger charge is 2.57. The van der Waals surface area contributed by atoms with Gasteiger partial charge in [0, 0.05) is 0 Å². The maximum atomic E-state index is 12.6. The number of nitrogens with one attached hydrogen (secondary N) is 1. The van der Waals surface area contributed by atoms with E-state index in [0.29, 0.717) is 17.7 Å². The lowest BCUT2D eigenvalue weighted by Gasteiger charge is -2.48. The summed E-state index contributed by atoms with van der Waals surface area (Å²) in [5.41, 5.74) is -2.59. The SMILES string of the molecule is CC1(C)C(=O)NC2(CCCC2)C(=O)N1CC(F)(F)F. The Balaban J connectivity index is 2.35. The van der Waals surface area contributed by atoms with Crippen molar-refractivity contribution in [3.05, 3.63) is 0 Å². The minimum Gasteiger partial charge on any atom is -0.340 e. The third kappa shape index (κ3) is 2.30. The van der Waals surface area contributed by atoms with E-state index in [2.05, 4.69) is 5.32 Å². The number of alkyl halides is 3. The topological polar surface area (TPSA) is 49.4 Å². The summed E-state index contributed by atoms with van der Waals surface area (Å²) in [7, 11) is 0. The van der Waals surface area contributed by atoms with E-state index in [1.54, 1.807) is 0 Å². The number of carbonyl (C=O) groups is 2. The summed E-state index contributed by atoms with van der Waals surface area (Å²) in [6, 6.07) is 0. The average Bonchev–Trinajstić information content (AvgIpc) is 2.71. The molecule has 2 rings (SSSR count). The van der Waals surface area contributed by atoms with E-state index in [1.807, 2.05) is 0 Å². The molecule has 1 spiro atoms. The van der Waals surface area contributed by atoms with Crippen LogP contribution in [0.25, 0.3) is 0 Å². The van der Waals surface area contributed by atoms with Gasteiger partial charge in [0.2, 0.25) is 11.8 Å². The molecule has 1 aliphatic heterocycles. The van der Waals surface area contributed by atoms with E-state index >= 15 is 0 Å². The number of hydrogen-bond acceptors (Lipinski definition) is 2. The molecular weight excluding hydrogens is 261 g/mol. The zero-order valence-corrected chi connectivity index (χ0v) is 10.9. The lowest BCUT2D eigenvalue weighted by Crippen LogP contribution is -2.74. The lowest BCUT2D eigenvalue weighted by molar-refractivity contribution is -0.185. The molecule has 0 aromatic rings. The Hall–Kier alpha value is -1.27. The van der Waals surface area contributed by atoms with Gasteiger partial charge in [0.15, 0.2) is 0 Å². The Bertz CT molecular complexity index is 412.